The predicted molar refractivity (Wildman–Crippen MR) is 92.0 cm³/mol. The van der Waals surface area contributed by atoms with Crippen LogP contribution in [0.15, 0.2) is 34.7 Å². The van der Waals surface area contributed by atoms with Gasteiger partial charge in [-0.3, -0.25) is 4.98 Å². The Morgan fingerprint density at radius 1 is 1.29 bits per heavy atom. The molecule has 24 heavy (non-hydrogen) atoms. The second kappa shape index (κ2) is 7.18. The highest BCUT2D eigenvalue weighted by molar-refractivity contribution is 7.91. The van der Waals surface area contributed by atoms with Gasteiger partial charge in [0.2, 0.25) is 10.0 Å². The van der Waals surface area contributed by atoms with E-state index in [2.05, 4.69) is 9.71 Å². The highest BCUT2D eigenvalue weighted by Gasteiger charge is 2.32. The summed E-state index contributed by atoms with van der Waals surface area (Å²) in [7, 11) is -3.55. The van der Waals surface area contributed by atoms with Crippen LogP contribution in [0.5, 0.6) is 5.75 Å². The molecular weight excluding hydrogens is 348 g/mol. The molecule has 1 fully saturated rings. The van der Waals surface area contributed by atoms with Gasteiger partial charge in [0.15, 0.2) is 0 Å². The number of aryl methyl sites for hydroxylation is 2. The molecule has 2 aromatic heterocycles. The Morgan fingerprint density at radius 2 is 2.12 bits per heavy atom. The van der Waals surface area contributed by atoms with Crippen LogP contribution in [-0.4, -0.2) is 38.8 Å². The summed E-state index contributed by atoms with van der Waals surface area (Å²) in [6, 6.07) is 6.77. The van der Waals surface area contributed by atoms with Crippen LogP contribution in [0.1, 0.15) is 17.0 Å². The summed E-state index contributed by atoms with van der Waals surface area (Å²) in [6.45, 7) is 4.62. The van der Waals surface area contributed by atoms with Crippen molar-refractivity contribution >= 4 is 21.4 Å². The largest absolute Gasteiger partial charge is 0.485 e. The third-order valence-corrected chi connectivity index (χ3v) is 6.75. The minimum atomic E-state index is -3.55. The van der Waals surface area contributed by atoms with E-state index in [1.54, 1.807) is 18.3 Å². The summed E-state index contributed by atoms with van der Waals surface area (Å²) in [5.74, 6) is 0.604. The Morgan fingerprint density at radius 3 is 2.79 bits per heavy atom. The third-order valence-electron chi connectivity index (χ3n) is 3.76. The number of nitrogens with zero attached hydrogens (tertiary/aromatic N) is 1. The second-order valence-corrected chi connectivity index (χ2v) is 8.98. The van der Waals surface area contributed by atoms with Crippen LogP contribution >= 0.6 is 11.3 Å². The number of ether oxygens (including phenoxy) is 2. The molecule has 0 unspecified atom stereocenters. The predicted octanol–water partition coefficient (Wildman–Crippen LogP) is 2.27. The van der Waals surface area contributed by atoms with Gasteiger partial charge in [-0.1, -0.05) is 0 Å². The van der Waals surface area contributed by atoms with Gasteiger partial charge in [0, 0.05) is 17.2 Å². The molecule has 2 aromatic rings. The average Bonchev–Trinajstić information content (AvgIpc) is 2.99. The smallest absolute Gasteiger partial charge is 0.250 e. The fourth-order valence-electron chi connectivity index (χ4n) is 2.48. The van der Waals surface area contributed by atoms with E-state index >= 15 is 0 Å². The lowest BCUT2D eigenvalue weighted by Crippen LogP contribution is -2.51. The van der Waals surface area contributed by atoms with Crippen molar-refractivity contribution in [2.75, 3.05) is 13.2 Å². The van der Waals surface area contributed by atoms with Gasteiger partial charge in [-0.05, 0) is 44.5 Å². The first-order valence-electron chi connectivity index (χ1n) is 7.70. The molecule has 0 aliphatic carbocycles. The standard InChI is InChI=1S/C16H20N2O4S2/c1-11-3-5-13(9-17-11)22-15-10-21-8-7-14(15)18-24(19,20)16-6-4-12(2)23-16/h3-6,9,14-15,18H,7-8,10H2,1-2H3/t14-,15+/m1/s1. The van der Waals surface area contributed by atoms with Crippen molar-refractivity contribution in [3.05, 3.63) is 41.0 Å². The zero-order valence-corrected chi connectivity index (χ0v) is 15.2. The average molecular weight is 368 g/mol. The molecule has 8 heteroatoms. The summed E-state index contributed by atoms with van der Waals surface area (Å²) < 4.78 is 39.5. The van der Waals surface area contributed by atoms with Crippen molar-refractivity contribution in [3.63, 3.8) is 0 Å². The molecule has 2 atom stereocenters. The van der Waals surface area contributed by atoms with Gasteiger partial charge < -0.3 is 9.47 Å². The Kier molecular flexibility index (Phi) is 5.19. The first-order chi connectivity index (χ1) is 11.4. The fraction of sp³-hybridized carbons (Fsp3) is 0.438. The molecule has 130 valence electrons. The Hall–Kier alpha value is -1.48. The molecule has 0 spiro atoms. The van der Waals surface area contributed by atoms with E-state index in [4.69, 9.17) is 9.47 Å². The normalized spacial score (nSPS) is 21.6. The van der Waals surface area contributed by atoms with E-state index in [0.29, 0.717) is 29.6 Å². The van der Waals surface area contributed by atoms with E-state index in [-0.39, 0.29) is 12.1 Å². The van der Waals surface area contributed by atoms with Gasteiger partial charge in [-0.25, -0.2) is 13.1 Å². The van der Waals surface area contributed by atoms with Crippen molar-refractivity contribution < 1.29 is 17.9 Å². The van der Waals surface area contributed by atoms with E-state index in [0.717, 1.165) is 10.6 Å². The minimum Gasteiger partial charge on any atom is -0.485 e. The second-order valence-electron chi connectivity index (χ2n) is 5.75. The van der Waals surface area contributed by atoms with Gasteiger partial charge in [0.1, 0.15) is 16.1 Å². The summed E-state index contributed by atoms with van der Waals surface area (Å²) in [6.07, 6.45) is 1.81. The van der Waals surface area contributed by atoms with Gasteiger partial charge in [0.05, 0.1) is 18.8 Å². The molecule has 0 bridgehead atoms. The molecule has 1 aliphatic heterocycles. The lowest BCUT2D eigenvalue weighted by molar-refractivity contribution is -0.00940. The minimum absolute atomic E-state index is 0.322. The molecule has 3 heterocycles. The highest BCUT2D eigenvalue weighted by Crippen LogP contribution is 2.23. The van der Waals surface area contributed by atoms with Crippen LogP contribution in [0, 0.1) is 13.8 Å². The zero-order valence-electron chi connectivity index (χ0n) is 13.6. The van der Waals surface area contributed by atoms with Crippen molar-refractivity contribution in [2.24, 2.45) is 0 Å². The maximum Gasteiger partial charge on any atom is 0.250 e. The van der Waals surface area contributed by atoms with Gasteiger partial charge in [0.25, 0.3) is 0 Å². The van der Waals surface area contributed by atoms with Crippen LogP contribution in [-0.2, 0) is 14.8 Å². The Bertz CT molecular complexity index is 787. The number of nitrogens with one attached hydrogen (secondary N) is 1. The van der Waals surface area contributed by atoms with Crippen molar-refractivity contribution in [1.29, 1.82) is 0 Å². The molecule has 1 aliphatic rings. The first-order valence-corrected chi connectivity index (χ1v) is 10.00. The fourth-order valence-corrected chi connectivity index (χ4v) is 5.07. The number of hydrogen-bond donors (Lipinski definition) is 1. The van der Waals surface area contributed by atoms with Crippen molar-refractivity contribution in [2.45, 2.75) is 36.6 Å². The van der Waals surface area contributed by atoms with Crippen LogP contribution in [0.2, 0.25) is 0 Å². The van der Waals surface area contributed by atoms with E-state index in [1.165, 1.54) is 11.3 Å². The number of pyridine rings is 1. The molecular formula is C16H20N2O4S2. The monoisotopic (exact) mass is 368 g/mol. The van der Waals surface area contributed by atoms with Crippen molar-refractivity contribution in [3.8, 4) is 5.75 Å². The summed E-state index contributed by atoms with van der Waals surface area (Å²) >= 11 is 1.26. The first kappa shape index (κ1) is 17.3. The maximum atomic E-state index is 12.5. The number of thiophene rings is 1. The molecule has 1 N–H and O–H groups in total. The van der Waals surface area contributed by atoms with Crippen LogP contribution in [0.4, 0.5) is 0 Å². The van der Waals surface area contributed by atoms with E-state index < -0.39 is 10.0 Å². The summed E-state index contributed by atoms with van der Waals surface area (Å²) in [4.78, 5) is 5.15. The SMILES string of the molecule is Cc1ccc(O[C@H]2COCC[C@H]2NS(=O)(=O)c2ccc(C)s2)cn1. The number of rotatable bonds is 5. The molecule has 6 nitrogen and oxygen atoms in total. The highest BCUT2D eigenvalue weighted by atomic mass is 32.2. The van der Waals surface area contributed by atoms with Gasteiger partial charge >= 0.3 is 0 Å². The van der Waals surface area contributed by atoms with E-state index in [9.17, 15) is 8.42 Å². The van der Waals surface area contributed by atoms with Crippen LogP contribution in [0.25, 0.3) is 0 Å². The maximum absolute atomic E-state index is 12.5. The lowest BCUT2D eigenvalue weighted by atomic mass is 10.1. The number of hydrogen-bond acceptors (Lipinski definition) is 6. The van der Waals surface area contributed by atoms with Crippen LogP contribution in [0.3, 0.4) is 0 Å². The molecule has 3 rings (SSSR count). The molecule has 0 saturated carbocycles. The zero-order chi connectivity index (χ0) is 17.2. The Balaban J connectivity index is 1.73. The van der Waals surface area contributed by atoms with Crippen LogP contribution < -0.4 is 9.46 Å². The topological polar surface area (TPSA) is 77.5 Å². The van der Waals surface area contributed by atoms with Crippen molar-refractivity contribution in [1.82, 2.24) is 9.71 Å². The lowest BCUT2D eigenvalue weighted by Gasteiger charge is -2.32. The molecule has 1 saturated heterocycles. The number of sulfonamides is 1. The molecule has 0 amide bonds. The third kappa shape index (κ3) is 4.13. The Labute approximate surface area is 145 Å². The molecule has 0 radical (unpaired) electrons. The van der Waals surface area contributed by atoms with E-state index in [1.807, 2.05) is 26.0 Å². The summed E-state index contributed by atoms with van der Waals surface area (Å²) in [5.41, 5.74) is 0.896. The summed E-state index contributed by atoms with van der Waals surface area (Å²) in [5, 5.41) is 0. The quantitative estimate of drug-likeness (QED) is 0.876. The number of aromatic nitrogens is 1. The van der Waals surface area contributed by atoms with Gasteiger partial charge in [-0.2, -0.15) is 0 Å². The van der Waals surface area contributed by atoms with Gasteiger partial charge in [-0.15, -0.1) is 11.3 Å². The molecule has 0 aromatic carbocycles.